The number of para-hydroxylation sites is 1. The van der Waals surface area contributed by atoms with Gasteiger partial charge in [-0.15, -0.1) is 0 Å². The van der Waals surface area contributed by atoms with E-state index in [1.165, 1.54) is 0 Å². The van der Waals surface area contributed by atoms with E-state index in [4.69, 9.17) is 9.47 Å². The van der Waals surface area contributed by atoms with E-state index in [1.807, 2.05) is 6.07 Å². The Morgan fingerprint density at radius 2 is 2.12 bits per heavy atom. The highest BCUT2D eigenvalue weighted by atomic mass is 127. The Labute approximate surface area is 109 Å². The van der Waals surface area contributed by atoms with Crippen molar-refractivity contribution < 1.29 is 14.3 Å². The van der Waals surface area contributed by atoms with Crippen LogP contribution in [0.2, 0.25) is 0 Å². The molecular formula is C12H15IO3. The van der Waals surface area contributed by atoms with Crippen LogP contribution in [0.5, 0.6) is 5.75 Å². The summed E-state index contributed by atoms with van der Waals surface area (Å²) in [6.07, 6.45) is 0.970. The van der Waals surface area contributed by atoms with Crippen molar-refractivity contribution in [1.29, 1.82) is 0 Å². The van der Waals surface area contributed by atoms with Gasteiger partial charge in [-0.1, -0.05) is 34.7 Å². The number of hydrogen-bond donors (Lipinski definition) is 0. The molecule has 0 unspecified atom stereocenters. The largest absolute Gasteiger partial charge is 0.493 e. The molecule has 0 saturated heterocycles. The van der Waals surface area contributed by atoms with Crippen LogP contribution in [-0.2, 0) is 4.74 Å². The maximum atomic E-state index is 11.6. The van der Waals surface area contributed by atoms with E-state index in [2.05, 4.69) is 22.6 Å². The molecule has 0 aliphatic heterocycles. The maximum Gasteiger partial charge on any atom is 0.341 e. The number of benzene rings is 1. The van der Waals surface area contributed by atoms with Crippen LogP contribution in [0.1, 0.15) is 23.7 Å². The van der Waals surface area contributed by atoms with Gasteiger partial charge in [0.1, 0.15) is 11.3 Å². The van der Waals surface area contributed by atoms with Crippen molar-refractivity contribution in [1.82, 2.24) is 0 Å². The molecule has 0 bridgehead atoms. The lowest BCUT2D eigenvalue weighted by Crippen LogP contribution is -2.08. The van der Waals surface area contributed by atoms with Gasteiger partial charge >= 0.3 is 5.97 Å². The van der Waals surface area contributed by atoms with Gasteiger partial charge < -0.3 is 9.47 Å². The minimum atomic E-state index is -0.326. The van der Waals surface area contributed by atoms with Gasteiger partial charge in [-0.05, 0) is 25.5 Å². The molecule has 0 fully saturated rings. The highest BCUT2D eigenvalue weighted by Crippen LogP contribution is 2.19. The van der Waals surface area contributed by atoms with Crippen LogP contribution in [-0.4, -0.2) is 23.6 Å². The summed E-state index contributed by atoms with van der Waals surface area (Å²) in [5.74, 6) is 0.276. The molecule has 0 N–H and O–H groups in total. The standard InChI is InChI=1S/C12H15IO3/c1-2-15-12(14)10-6-3-4-7-11(10)16-9-5-8-13/h3-4,6-7H,2,5,8-9H2,1H3. The molecule has 0 aliphatic carbocycles. The summed E-state index contributed by atoms with van der Waals surface area (Å²) >= 11 is 2.29. The summed E-state index contributed by atoms with van der Waals surface area (Å²) in [5.41, 5.74) is 0.498. The van der Waals surface area contributed by atoms with Crippen molar-refractivity contribution >= 4 is 28.6 Å². The molecule has 3 nitrogen and oxygen atoms in total. The molecule has 88 valence electrons. The lowest BCUT2D eigenvalue weighted by Gasteiger charge is -2.09. The fourth-order valence-corrected chi connectivity index (χ4v) is 1.52. The molecule has 0 aliphatic rings. The molecule has 0 aromatic heterocycles. The van der Waals surface area contributed by atoms with Gasteiger partial charge in [-0.2, -0.15) is 0 Å². The summed E-state index contributed by atoms with van der Waals surface area (Å²) in [6.45, 7) is 2.79. The van der Waals surface area contributed by atoms with Crippen molar-refractivity contribution in [2.45, 2.75) is 13.3 Å². The van der Waals surface area contributed by atoms with Crippen LogP contribution in [0.25, 0.3) is 0 Å². The molecule has 0 saturated carbocycles. The first-order valence-corrected chi connectivity index (χ1v) is 6.77. The smallest absolute Gasteiger partial charge is 0.341 e. The SMILES string of the molecule is CCOC(=O)c1ccccc1OCCCI. The molecule has 0 spiro atoms. The first-order valence-electron chi connectivity index (χ1n) is 5.24. The Balaban J connectivity index is 2.71. The maximum absolute atomic E-state index is 11.6. The average molecular weight is 334 g/mol. The van der Waals surface area contributed by atoms with Gasteiger partial charge in [0, 0.05) is 4.43 Å². The van der Waals surface area contributed by atoms with Gasteiger partial charge in [0.05, 0.1) is 13.2 Å². The van der Waals surface area contributed by atoms with Crippen LogP contribution in [0.4, 0.5) is 0 Å². The van der Waals surface area contributed by atoms with E-state index >= 15 is 0 Å². The van der Waals surface area contributed by atoms with E-state index in [0.29, 0.717) is 24.5 Å². The van der Waals surface area contributed by atoms with E-state index in [0.717, 1.165) is 10.8 Å². The summed E-state index contributed by atoms with van der Waals surface area (Å²) in [7, 11) is 0. The van der Waals surface area contributed by atoms with Crippen molar-refractivity contribution in [3.63, 3.8) is 0 Å². The van der Waals surface area contributed by atoms with Crippen molar-refractivity contribution in [2.75, 3.05) is 17.6 Å². The van der Waals surface area contributed by atoms with Crippen LogP contribution in [0, 0.1) is 0 Å². The highest BCUT2D eigenvalue weighted by Gasteiger charge is 2.12. The molecule has 0 radical (unpaired) electrons. The van der Waals surface area contributed by atoms with E-state index in [-0.39, 0.29) is 5.97 Å². The van der Waals surface area contributed by atoms with Gasteiger partial charge in [0.2, 0.25) is 0 Å². The molecular weight excluding hydrogens is 319 g/mol. The summed E-state index contributed by atoms with van der Waals surface area (Å²) < 4.78 is 11.5. The quantitative estimate of drug-likeness (QED) is 0.347. The lowest BCUT2D eigenvalue weighted by molar-refractivity contribution is 0.0521. The number of carbonyl (C=O) groups is 1. The number of halogens is 1. The van der Waals surface area contributed by atoms with Crippen molar-refractivity contribution in [3.8, 4) is 5.75 Å². The second-order valence-electron chi connectivity index (χ2n) is 3.11. The Kier molecular flexibility index (Phi) is 6.22. The van der Waals surface area contributed by atoms with E-state index in [1.54, 1.807) is 25.1 Å². The number of esters is 1. The molecule has 0 heterocycles. The zero-order valence-corrected chi connectivity index (χ0v) is 11.4. The normalized spacial score (nSPS) is 9.88. The zero-order chi connectivity index (χ0) is 11.8. The number of ether oxygens (including phenoxy) is 2. The number of carbonyl (C=O) groups excluding carboxylic acids is 1. The number of rotatable bonds is 6. The topological polar surface area (TPSA) is 35.5 Å². The fourth-order valence-electron chi connectivity index (χ4n) is 1.21. The Bertz CT molecular complexity index is 339. The third-order valence-electron chi connectivity index (χ3n) is 1.92. The number of hydrogen-bond acceptors (Lipinski definition) is 3. The predicted molar refractivity (Wildman–Crippen MR) is 71.4 cm³/mol. The predicted octanol–water partition coefficient (Wildman–Crippen LogP) is 3.07. The lowest BCUT2D eigenvalue weighted by atomic mass is 10.2. The van der Waals surface area contributed by atoms with Crippen molar-refractivity contribution in [3.05, 3.63) is 29.8 Å². The molecule has 1 aromatic rings. The van der Waals surface area contributed by atoms with Crippen molar-refractivity contribution in [2.24, 2.45) is 0 Å². The van der Waals surface area contributed by atoms with Crippen LogP contribution >= 0.6 is 22.6 Å². The van der Waals surface area contributed by atoms with Gasteiger partial charge in [-0.3, -0.25) is 0 Å². The molecule has 4 heteroatoms. The van der Waals surface area contributed by atoms with E-state index in [9.17, 15) is 4.79 Å². The summed E-state index contributed by atoms with van der Waals surface area (Å²) in [5, 5.41) is 0. The first kappa shape index (κ1) is 13.3. The first-order chi connectivity index (χ1) is 7.79. The average Bonchev–Trinajstić information content (AvgIpc) is 2.30. The minimum absolute atomic E-state index is 0.326. The van der Waals surface area contributed by atoms with Gasteiger partial charge in [0.15, 0.2) is 0 Å². The summed E-state index contributed by atoms with van der Waals surface area (Å²) in [4.78, 5) is 11.6. The fraction of sp³-hybridized carbons (Fsp3) is 0.417. The second kappa shape index (κ2) is 7.49. The van der Waals surface area contributed by atoms with Crippen LogP contribution in [0.3, 0.4) is 0 Å². The third-order valence-corrected chi connectivity index (χ3v) is 2.68. The Hall–Kier alpha value is -0.780. The summed E-state index contributed by atoms with van der Waals surface area (Å²) in [6, 6.07) is 7.16. The molecule has 1 rings (SSSR count). The molecule has 0 atom stereocenters. The number of alkyl halides is 1. The Morgan fingerprint density at radius 1 is 1.38 bits per heavy atom. The monoisotopic (exact) mass is 334 g/mol. The molecule has 0 amide bonds. The van der Waals surface area contributed by atoms with E-state index < -0.39 is 0 Å². The Morgan fingerprint density at radius 3 is 2.81 bits per heavy atom. The molecule has 1 aromatic carbocycles. The zero-order valence-electron chi connectivity index (χ0n) is 9.24. The molecule has 16 heavy (non-hydrogen) atoms. The van der Waals surface area contributed by atoms with Gasteiger partial charge in [0.25, 0.3) is 0 Å². The third kappa shape index (κ3) is 4.00. The minimum Gasteiger partial charge on any atom is -0.493 e. The van der Waals surface area contributed by atoms with Gasteiger partial charge in [-0.25, -0.2) is 4.79 Å². The highest BCUT2D eigenvalue weighted by molar-refractivity contribution is 14.1. The second-order valence-corrected chi connectivity index (χ2v) is 4.19. The van der Waals surface area contributed by atoms with Crippen LogP contribution < -0.4 is 4.74 Å². The van der Waals surface area contributed by atoms with Crippen LogP contribution in [0.15, 0.2) is 24.3 Å².